The fraction of sp³-hybridized carbons (Fsp3) is 0.0938. The smallest absolute Gasteiger partial charge is 0.315 e. The van der Waals surface area contributed by atoms with Gasteiger partial charge in [-0.3, -0.25) is 14.9 Å². The largest absolute Gasteiger partial charge is 0.490 e. The third-order valence-electron chi connectivity index (χ3n) is 6.57. The highest BCUT2D eigenvalue weighted by Crippen LogP contribution is 2.39. The number of fused-ring (bicyclic) bond motifs is 2. The minimum atomic E-state index is -0.541. The van der Waals surface area contributed by atoms with Gasteiger partial charge in [-0.05, 0) is 55.0 Å². The lowest BCUT2D eigenvalue weighted by Crippen LogP contribution is -2.20. The van der Waals surface area contributed by atoms with Crippen molar-refractivity contribution in [2.45, 2.75) is 13.5 Å². The van der Waals surface area contributed by atoms with E-state index in [9.17, 15) is 14.9 Å². The summed E-state index contributed by atoms with van der Waals surface area (Å²) in [5, 5.41) is 17.8. The number of hydrogen-bond acceptors (Lipinski definition) is 8. The SMILES string of the molecule is CCOc1cc(C=Nn2c(-c3cc4ccccc4o3)nc3ccccc3c2=O)cc([N+](=O)[O-])c1OCc1ccc(Br)cc1. The monoisotopic (exact) mass is 638 g/mol. The summed E-state index contributed by atoms with van der Waals surface area (Å²) in [7, 11) is 0. The first-order valence-electron chi connectivity index (χ1n) is 13.3. The highest BCUT2D eigenvalue weighted by atomic mass is 79.9. The number of nitrogens with zero attached hydrogens (tertiary/aromatic N) is 4. The van der Waals surface area contributed by atoms with Gasteiger partial charge >= 0.3 is 5.69 Å². The molecule has 0 aliphatic rings. The van der Waals surface area contributed by atoms with Crippen LogP contribution in [-0.2, 0) is 6.61 Å². The second-order valence-electron chi connectivity index (χ2n) is 9.44. The van der Waals surface area contributed by atoms with Crippen molar-refractivity contribution in [2.75, 3.05) is 6.61 Å². The summed E-state index contributed by atoms with van der Waals surface area (Å²) in [4.78, 5) is 29.9. The molecule has 214 valence electrons. The van der Waals surface area contributed by atoms with Gasteiger partial charge in [-0.2, -0.15) is 9.78 Å². The predicted octanol–water partition coefficient (Wildman–Crippen LogP) is 7.34. The van der Waals surface area contributed by atoms with E-state index < -0.39 is 10.5 Å². The molecule has 0 unspecified atom stereocenters. The normalized spacial score (nSPS) is 11.4. The fourth-order valence-corrected chi connectivity index (χ4v) is 4.83. The third-order valence-corrected chi connectivity index (χ3v) is 7.10. The number of nitro benzene ring substituents is 1. The number of nitro groups is 1. The second kappa shape index (κ2) is 11.9. The Kier molecular flexibility index (Phi) is 7.71. The topological polar surface area (TPSA) is 122 Å². The molecule has 0 atom stereocenters. The molecule has 2 heterocycles. The Balaban J connectivity index is 1.44. The first kappa shape index (κ1) is 27.9. The molecular formula is C32H23BrN4O6. The molecule has 11 heteroatoms. The van der Waals surface area contributed by atoms with E-state index in [2.05, 4.69) is 26.0 Å². The average Bonchev–Trinajstić information content (AvgIpc) is 3.45. The quantitative estimate of drug-likeness (QED) is 0.0922. The van der Waals surface area contributed by atoms with Crippen LogP contribution in [0, 0.1) is 10.1 Å². The van der Waals surface area contributed by atoms with Gasteiger partial charge in [-0.25, -0.2) is 4.98 Å². The molecule has 0 amide bonds. The van der Waals surface area contributed by atoms with E-state index in [0.29, 0.717) is 27.8 Å². The molecule has 2 aromatic heterocycles. The zero-order chi connectivity index (χ0) is 29.9. The summed E-state index contributed by atoms with van der Waals surface area (Å²) in [6.45, 7) is 2.11. The van der Waals surface area contributed by atoms with Gasteiger partial charge in [0, 0.05) is 21.5 Å². The number of benzene rings is 4. The van der Waals surface area contributed by atoms with Crippen molar-refractivity contribution in [1.29, 1.82) is 0 Å². The molecule has 6 aromatic rings. The van der Waals surface area contributed by atoms with Gasteiger partial charge < -0.3 is 13.9 Å². The van der Waals surface area contributed by atoms with Crippen molar-refractivity contribution in [3.8, 4) is 23.1 Å². The molecule has 0 aliphatic carbocycles. The summed E-state index contributed by atoms with van der Waals surface area (Å²) in [5.74, 6) is 0.709. The molecule has 0 bridgehead atoms. The van der Waals surface area contributed by atoms with Crippen molar-refractivity contribution in [3.05, 3.63) is 127 Å². The zero-order valence-corrected chi connectivity index (χ0v) is 24.4. The highest BCUT2D eigenvalue weighted by molar-refractivity contribution is 9.10. The van der Waals surface area contributed by atoms with Gasteiger partial charge in [0.25, 0.3) is 5.56 Å². The lowest BCUT2D eigenvalue weighted by atomic mass is 10.1. The molecule has 0 aliphatic heterocycles. The molecule has 0 spiro atoms. The summed E-state index contributed by atoms with van der Waals surface area (Å²) in [6, 6.07) is 26.5. The first-order chi connectivity index (χ1) is 20.9. The number of ether oxygens (including phenoxy) is 2. The second-order valence-corrected chi connectivity index (χ2v) is 10.4. The molecule has 0 radical (unpaired) electrons. The van der Waals surface area contributed by atoms with E-state index in [-0.39, 0.29) is 36.2 Å². The van der Waals surface area contributed by atoms with Crippen molar-refractivity contribution in [1.82, 2.24) is 9.66 Å². The van der Waals surface area contributed by atoms with E-state index in [1.54, 1.807) is 43.3 Å². The van der Waals surface area contributed by atoms with E-state index in [1.165, 1.54) is 12.3 Å². The Morgan fingerprint density at radius 1 is 1.02 bits per heavy atom. The highest BCUT2D eigenvalue weighted by Gasteiger charge is 2.23. The third kappa shape index (κ3) is 5.75. The number of hydrogen-bond donors (Lipinski definition) is 0. The minimum absolute atomic E-state index is 0.000535. The number of aromatic nitrogens is 2. The van der Waals surface area contributed by atoms with Crippen LogP contribution < -0.4 is 15.0 Å². The van der Waals surface area contributed by atoms with Gasteiger partial charge in [0.1, 0.15) is 12.2 Å². The van der Waals surface area contributed by atoms with Crippen LogP contribution in [0.2, 0.25) is 0 Å². The standard InChI is InChI=1S/C32H23BrN4O6/c1-2-41-28-16-21(15-26(37(39)40)30(28)42-19-20-11-13-23(33)14-12-20)18-34-36-31(29-17-22-7-3-6-10-27(22)43-29)35-25-9-5-4-8-24(25)32(36)38/h3-18H,2,19H2,1H3. The van der Waals surface area contributed by atoms with Crippen LogP contribution in [0.15, 0.2) is 110 Å². The van der Waals surface area contributed by atoms with Crippen LogP contribution in [0.25, 0.3) is 33.5 Å². The number of rotatable bonds is 9. The minimum Gasteiger partial charge on any atom is -0.490 e. The van der Waals surface area contributed by atoms with E-state index >= 15 is 0 Å². The Morgan fingerprint density at radius 2 is 1.79 bits per heavy atom. The molecule has 43 heavy (non-hydrogen) atoms. The average molecular weight is 639 g/mol. The first-order valence-corrected chi connectivity index (χ1v) is 14.1. The molecule has 6 rings (SSSR count). The van der Waals surface area contributed by atoms with Gasteiger partial charge in [0.05, 0.1) is 28.6 Å². The molecule has 0 saturated carbocycles. The lowest BCUT2D eigenvalue weighted by Gasteiger charge is -2.13. The molecular weight excluding hydrogens is 616 g/mol. The van der Waals surface area contributed by atoms with Gasteiger partial charge in [0.2, 0.25) is 11.6 Å². The van der Waals surface area contributed by atoms with E-state index in [1.807, 2.05) is 48.5 Å². The van der Waals surface area contributed by atoms with E-state index in [4.69, 9.17) is 13.9 Å². The summed E-state index contributed by atoms with van der Waals surface area (Å²) >= 11 is 3.39. The van der Waals surface area contributed by atoms with Crippen molar-refractivity contribution < 1.29 is 18.8 Å². The molecule has 0 fully saturated rings. The van der Waals surface area contributed by atoms with Crippen molar-refractivity contribution >= 4 is 49.7 Å². The van der Waals surface area contributed by atoms with Crippen LogP contribution in [-0.4, -0.2) is 27.4 Å². The van der Waals surface area contributed by atoms with Crippen LogP contribution >= 0.6 is 15.9 Å². The molecule has 0 N–H and O–H groups in total. The van der Waals surface area contributed by atoms with Crippen LogP contribution in [0.5, 0.6) is 11.5 Å². The van der Waals surface area contributed by atoms with Crippen LogP contribution in [0.3, 0.4) is 0 Å². The Labute approximate surface area is 253 Å². The number of para-hydroxylation sites is 2. The van der Waals surface area contributed by atoms with Crippen molar-refractivity contribution in [3.63, 3.8) is 0 Å². The summed E-state index contributed by atoms with van der Waals surface area (Å²) in [5.41, 5.74) is 1.54. The maximum absolute atomic E-state index is 13.6. The maximum atomic E-state index is 13.6. The van der Waals surface area contributed by atoms with Crippen LogP contribution in [0.1, 0.15) is 18.1 Å². The Morgan fingerprint density at radius 3 is 2.56 bits per heavy atom. The Bertz CT molecular complexity index is 2030. The summed E-state index contributed by atoms with van der Waals surface area (Å²) in [6.07, 6.45) is 1.35. The van der Waals surface area contributed by atoms with E-state index in [0.717, 1.165) is 20.1 Å². The van der Waals surface area contributed by atoms with Gasteiger partial charge in [0.15, 0.2) is 11.5 Å². The molecule has 10 nitrogen and oxygen atoms in total. The molecule has 4 aromatic carbocycles. The fourth-order valence-electron chi connectivity index (χ4n) is 4.57. The maximum Gasteiger partial charge on any atom is 0.315 e. The lowest BCUT2D eigenvalue weighted by molar-refractivity contribution is -0.386. The van der Waals surface area contributed by atoms with Crippen LogP contribution in [0.4, 0.5) is 5.69 Å². The predicted molar refractivity (Wildman–Crippen MR) is 167 cm³/mol. The number of furan rings is 1. The van der Waals surface area contributed by atoms with Crippen molar-refractivity contribution in [2.24, 2.45) is 5.10 Å². The Hall–Kier alpha value is -5.29. The van der Waals surface area contributed by atoms with Gasteiger partial charge in [-0.15, -0.1) is 0 Å². The number of halogens is 1. The summed E-state index contributed by atoms with van der Waals surface area (Å²) < 4.78 is 19.7. The van der Waals surface area contributed by atoms with Gasteiger partial charge in [-0.1, -0.05) is 58.4 Å². The zero-order valence-electron chi connectivity index (χ0n) is 22.8. The molecule has 0 saturated heterocycles.